The molecule has 22 heavy (non-hydrogen) atoms. The Morgan fingerprint density at radius 1 is 1.00 bits per heavy atom. The summed E-state index contributed by atoms with van der Waals surface area (Å²) in [4.78, 5) is 13.2. The number of azo groups is 1. The van der Waals surface area contributed by atoms with Gasteiger partial charge in [-0.3, -0.25) is 4.79 Å². The molecule has 2 aromatic rings. The van der Waals surface area contributed by atoms with E-state index in [1.54, 1.807) is 24.3 Å². The maximum Gasteiger partial charge on any atom is 0.247 e. The minimum Gasteiger partial charge on any atom is -0.378 e. The van der Waals surface area contributed by atoms with Crippen molar-refractivity contribution in [3.05, 3.63) is 61.2 Å². The zero-order valence-corrected chi connectivity index (χ0v) is 12.7. The van der Waals surface area contributed by atoms with Crippen LogP contribution >= 0.6 is 0 Å². The molecular formula is C17H18N4O. The molecule has 0 saturated carbocycles. The van der Waals surface area contributed by atoms with E-state index in [2.05, 4.69) is 22.1 Å². The van der Waals surface area contributed by atoms with Crippen LogP contribution < -0.4 is 10.2 Å². The largest absolute Gasteiger partial charge is 0.378 e. The molecule has 0 aliphatic rings. The summed E-state index contributed by atoms with van der Waals surface area (Å²) in [6.07, 6.45) is 1.23. The summed E-state index contributed by atoms with van der Waals surface area (Å²) < 4.78 is 0. The number of carbonyl (C=O) groups excluding carboxylic acids is 1. The van der Waals surface area contributed by atoms with Gasteiger partial charge in [-0.2, -0.15) is 10.2 Å². The molecule has 1 amide bonds. The number of hydrogen-bond donors (Lipinski definition) is 1. The van der Waals surface area contributed by atoms with E-state index < -0.39 is 0 Å². The highest BCUT2D eigenvalue weighted by molar-refractivity contribution is 5.98. The van der Waals surface area contributed by atoms with E-state index in [1.807, 2.05) is 43.3 Å². The second kappa shape index (κ2) is 7.17. The number of hydrogen-bond acceptors (Lipinski definition) is 4. The van der Waals surface area contributed by atoms with E-state index >= 15 is 0 Å². The second-order valence-electron chi connectivity index (χ2n) is 4.85. The van der Waals surface area contributed by atoms with E-state index in [4.69, 9.17) is 0 Å². The van der Waals surface area contributed by atoms with Crippen molar-refractivity contribution in [3.8, 4) is 0 Å². The maximum atomic E-state index is 11.2. The summed E-state index contributed by atoms with van der Waals surface area (Å²) in [5.41, 5.74) is 3.31. The van der Waals surface area contributed by atoms with Crippen molar-refractivity contribution in [2.24, 2.45) is 10.2 Å². The van der Waals surface area contributed by atoms with Gasteiger partial charge in [0.15, 0.2) is 0 Å². The van der Waals surface area contributed by atoms with E-state index in [-0.39, 0.29) is 5.91 Å². The number of carbonyl (C=O) groups is 1. The quantitative estimate of drug-likeness (QED) is 0.660. The van der Waals surface area contributed by atoms with Crippen molar-refractivity contribution in [1.82, 2.24) is 0 Å². The van der Waals surface area contributed by atoms with Crippen LogP contribution in [-0.2, 0) is 4.79 Å². The average molecular weight is 294 g/mol. The Bertz CT molecular complexity index is 673. The molecule has 0 heterocycles. The topological polar surface area (TPSA) is 57.1 Å². The molecule has 0 aliphatic carbocycles. The van der Waals surface area contributed by atoms with Gasteiger partial charge in [-0.1, -0.05) is 6.58 Å². The number of anilines is 2. The normalized spacial score (nSPS) is 10.5. The lowest BCUT2D eigenvalue weighted by atomic mass is 10.3. The van der Waals surface area contributed by atoms with Crippen molar-refractivity contribution in [1.29, 1.82) is 0 Å². The van der Waals surface area contributed by atoms with Gasteiger partial charge in [0.2, 0.25) is 5.91 Å². The predicted octanol–water partition coefficient (Wildman–Crippen LogP) is 4.29. The number of nitrogens with zero attached hydrogens (tertiary/aromatic N) is 3. The van der Waals surface area contributed by atoms with Crippen LogP contribution in [0.25, 0.3) is 0 Å². The molecular weight excluding hydrogens is 276 g/mol. The van der Waals surface area contributed by atoms with Gasteiger partial charge in [0.05, 0.1) is 11.4 Å². The van der Waals surface area contributed by atoms with Crippen molar-refractivity contribution in [2.45, 2.75) is 0 Å². The van der Waals surface area contributed by atoms with E-state index in [1.165, 1.54) is 6.08 Å². The SMILES string of the molecule is C=CC(=O)Nc1ccc(/N=N/c2ccc(N(C)C)cc2)cc1. The Morgan fingerprint density at radius 3 is 1.95 bits per heavy atom. The molecule has 0 aliphatic heterocycles. The zero-order valence-electron chi connectivity index (χ0n) is 12.7. The molecule has 0 spiro atoms. The van der Waals surface area contributed by atoms with E-state index in [0.717, 1.165) is 11.4 Å². The fourth-order valence-corrected chi connectivity index (χ4v) is 1.74. The van der Waals surface area contributed by atoms with Crippen molar-refractivity contribution in [3.63, 3.8) is 0 Å². The molecule has 0 saturated heterocycles. The van der Waals surface area contributed by atoms with Crippen LogP contribution in [0.1, 0.15) is 0 Å². The zero-order chi connectivity index (χ0) is 15.9. The van der Waals surface area contributed by atoms with Crippen LogP contribution in [0.3, 0.4) is 0 Å². The highest BCUT2D eigenvalue weighted by atomic mass is 16.1. The van der Waals surface area contributed by atoms with Gasteiger partial charge in [0.25, 0.3) is 0 Å². The van der Waals surface area contributed by atoms with Gasteiger partial charge >= 0.3 is 0 Å². The van der Waals surface area contributed by atoms with Crippen molar-refractivity contribution >= 4 is 28.7 Å². The minimum atomic E-state index is -0.240. The predicted molar refractivity (Wildman–Crippen MR) is 90.2 cm³/mol. The monoisotopic (exact) mass is 294 g/mol. The molecule has 0 aromatic heterocycles. The van der Waals surface area contributed by atoms with Gasteiger partial charge < -0.3 is 10.2 Å². The fraction of sp³-hybridized carbons (Fsp3) is 0.118. The fourth-order valence-electron chi connectivity index (χ4n) is 1.74. The molecule has 0 unspecified atom stereocenters. The Labute approximate surface area is 130 Å². The number of rotatable bonds is 5. The first-order valence-electron chi connectivity index (χ1n) is 6.81. The summed E-state index contributed by atoms with van der Waals surface area (Å²) in [7, 11) is 3.98. The molecule has 2 aromatic carbocycles. The molecule has 0 atom stereocenters. The Hall–Kier alpha value is -2.95. The summed E-state index contributed by atoms with van der Waals surface area (Å²) in [6.45, 7) is 3.41. The van der Waals surface area contributed by atoms with Crippen molar-refractivity contribution < 1.29 is 4.79 Å². The first kappa shape index (κ1) is 15.4. The molecule has 112 valence electrons. The van der Waals surface area contributed by atoms with Gasteiger partial charge in [-0.25, -0.2) is 0 Å². The first-order valence-corrected chi connectivity index (χ1v) is 6.81. The smallest absolute Gasteiger partial charge is 0.247 e. The van der Waals surface area contributed by atoms with E-state index in [0.29, 0.717) is 11.4 Å². The third kappa shape index (κ3) is 4.28. The highest BCUT2D eigenvalue weighted by Gasteiger charge is 1.98. The lowest BCUT2D eigenvalue weighted by molar-refractivity contribution is -0.111. The highest BCUT2D eigenvalue weighted by Crippen LogP contribution is 2.22. The van der Waals surface area contributed by atoms with Crippen LogP contribution in [-0.4, -0.2) is 20.0 Å². The minimum absolute atomic E-state index is 0.240. The third-order valence-corrected chi connectivity index (χ3v) is 2.97. The Balaban J connectivity index is 2.03. The molecule has 0 radical (unpaired) electrons. The van der Waals surface area contributed by atoms with Crippen LogP contribution in [0, 0.1) is 0 Å². The van der Waals surface area contributed by atoms with Crippen LogP contribution in [0.2, 0.25) is 0 Å². The summed E-state index contributed by atoms with van der Waals surface area (Å²) >= 11 is 0. The average Bonchev–Trinajstić information content (AvgIpc) is 2.54. The Kier molecular flexibility index (Phi) is 5.03. The number of amides is 1. The Morgan fingerprint density at radius 2 is 1.50 bits per heavy atom. The third-order valence-electron chi connectivity index (χ3n) is 2.97. The molecule has 1 N–H and O–H groups in total. The van der Waals surface area contributed by atoms with Crippen molar-refractivity contribution in [2.75, 3.05) is 24.3 Å². The van der Waals surface area contributed by atoms with E-state index in [9.17, 15) is 4.79 Å². The van der Waals surface area contributed by atoms with Crippen LogP contribution in [0.4, 0.5) is 22.7 Å². The molecule has 5 nitrogen and oxygen atoms in total. The number of benzene rings is 2. The lowest BCUT2D eigenvalue weighted by Gasteiger charge is -2.11. The standard InChI is InChI=1S/C17H18N4O/c1-4-17(22)18-13-5-7-14(8-6-13)19-20-15-9-11-16(12-10-15)21(2)3/h4-12H,1H2,2-3H3,(H,18,22)/b20-19+. The lowest BCUT2D eigenvalue weighted by Crippen LogP contribution is -2.07. The molecule has 2 rings (SSSR count). The van der Waals surface area contributed by atoms with Gasteiger partial charge in [0.1, 0.15) is 0 Å². The number of nitrogens with one attached hydrogen (secondary N) is 1. The van der Waals surface area contributed by atoms with Crippen LogP contribution in [0.5, 0.6) is 0 Å². The summed E-state index contributed by atoms with van der Waals surface area (Å²) in [6, 6.07) is 14.9. The van der Waals surface area contributed by atoms with Gasteiger partial charge in [0, 0.05) is 25.5 Å². The summed E-state index contributed by atoms with van der Waals surface area (Å²) in [5.74, 6) is -0.240. The molecule has 0 bridgehead atoms. The molecule has 0 fully saturated rings. The maximum absolute atomic E-state index is 11.2. The van der Waals surface area contributed by atoms with Gasteiger partial charge in [-0.05, 0) is 54.6 Å². The first-order chi connectivity index (χ1) is 10.6. The second-order valence-corrected chi connectivity index (χ2v) is 4.85. The van der Waals surface area contributed by atoms with Crippen LogP contribution in [0.15, 0.2) is 71.4 Å². The summed E-state index contributed by atoms with van der Waals surface area (Å²) in [5, 5.41) is 11.0. The molecule has 5 heteroatoms. The van der Waals surface area contributed by atoms with Gasteiger partial charge in [-0.15, -0.1) is 0 Å².